The van der Waals surface area contributed by atoms with Crippen LogP contribution in [0.5, 0.6) is 5.75 Å². The number of benzene rings is 3. The number of hydrogen-bond acceptors (Lipinski definition) is 5. The van der Waals surface area contributed by atoms with Gasteiger partial charge in [0.15, 0.2) is 0 Å². The Morgan fingerprint density at radius 2 is 1.70 bits per heavy atom. The monoisotopic (exact) mass is 522 g/mol. The van der Waals surface area contributed by atoms with E-state index in [1.807, 2.05) is 42.5 Å². The summed E-state index contributed by atoms with van der Waals surface area (Å²) in [5, 5.41) is 2.20. The minimum Gasteiger partial charge on any atom is -0.488 e. The van der Waals surface area contributed by atoms with Crippen LogP contribution in [0.2, 0.25) is 0 Å². The van der Waals surface area contributed by atoms with Gasteiger partial charge in [0.1, 0.15) is 18.9 Å². The molecule has 1 aliphatic rings. The first-order valence-electron chi connectivity index (χ1n) is 10.1. The van der Waals surface area contributed by atoms with Crippen LogP contribution in [0.4, 0.5) is 10.5 Å². The van der Waals surface area contributed by atoms with E-state index in [1.165, 1.54) is 0 Å². The SMILES string of the molecule is O=C(CN1C(=O)S/C(=C\c2ccc(OCc3ccccc3)c(Br)c2)C1=O)Nc1ccccc1. The van der Waals surface area contributed by atoms with E-state index in [0.717, 1.165) is 32.3 Å². The molecule has 0 unspecified atom stereocenters. The number of nitrogens with one attached hydrogen (secondary N) is 1. The van der Waals surface area contributed by atoms with Crippen LogP contribution in [0.3, 0.4) is 0 Å². The lowest BCUT2D eigenvalue weighted by Crippen LogP contribution is -2.36. The van der Waals surface area contributed by atoms with E-state index in [4.69, 9.17) is 4.74 Å². The Morgan fingerprint density at radius 1 is 1.00 bits per heavy atom. The van der Waals surface area contributed by atoms with Crippen LogP contribution in [0.15, 0.2) is 88.2 Å². The molecule has 8 heteroatoms. The lowest BCUT2D eigenvalue weighted by atomic mass is 10.2. The molecule has 0 atom stereocenters. The van der Waals surface area contributed by atoms with Gasteiger partial charge in [-0.15, -0.1) is 0 Å². The lowest BCUT2D eigenvalue weighted by molar-refractivity contribution is -0.127. The molecule has 0 saturated carbocycles. The number of carbonyl (C=O) groups is 3. The van der Waals surface area contributed by atoms with Crippen LogP contribution in [0, 0.1) is 0 Å². The first-order valence-corrected chi connectivity index (χ1v) is 11.7. The predicted molar refractivity (Wildman–Crippen MR) is 133 cm³/mol. The second kappa shape index (κ2) is 10.5. The number of carbonyl (C=O) groups excluding carboxylic acids is 3. The second-order valence-corrected chi connectivity index (χ2v) is 8.99. The summed E-state index contributed by atoms with van der Waals surface area (Å²) < 4.78 is 6.58. The molecule has 0 bridgehead atoms. The van der Waals surface area contributed by atoms with Crippen molar-refractivity contribution in [1.82, 2.24) is 4.90 Å². The molecule has 1 aliphatic heterocycles. The Bertz CT molecular complexity index is 1220. The van der Waals surface area contributed by atoms with E-state index in [2.05, 4.69) is 21.2 Å². The maximum Gasteiger partial charge on any atom is 0.294 e. The predicted octanol–water partition coefficient (Wildman–Crippen LogP) is 5.70. The minimum absolute atomic E-state index is 0.261. The van der Waals surface area contributed by atoms with Crippen LogP contribution in [-0.2, 0) is 16.2 Å². The van der Waals surface area contributed by atoms with E-state index < -0.39 is 17.1 Å². The highest BCUT2D eigenvalue weighted by Crippen LogP contribution is 2.34. The number of thioether (sulfide) groups is 1. The maximum atomic E-state index is 12.7. The molecule has 3 aromatic rings. The van der Waals surface area contributed by atoms with Gasteiger partial charge in [-0.25, -0.2) is 0 Å². The Labute approximate surface area is 203 Å². The zero-order valence-electron chi connectivity index (χ0n) is 17.4. The molecule has 1 fully saturated rings. The number of ether oxygens (including phenoxy) is 1. The molecule has 3 aromatic carbocycles. The molecule has 1 N–H and O–H groups in total. The fourth-order valence-corrected chi connectivity index (χ4v) is 4.46. The largest absolute Gasteiger partial charge is 0.488 e. The van der Waals surface area contributed by atoms with Crippen LogP contribution >= 0.6 is 27.7 Å². The van der Waals surface area contributed by atoms with E-state index in [0.29, 0.717) is 18.0 Å². The second-order valence-electron chi connectivity index (χ2n) is 7.15. The van der Waals surface area contributed by atoms with Crippen molar-refractivity contribution in [3.8, 4) is 5.75 Å². The molecule has 1 saturated heterocycles. The van der Waals surface area contributed by atoms with Crippen molar-refractivity contribution in [2.24, 2.45) is 0 Å². The normalized spacial score (nSPS) is 14.6. The van der Waals surface area contributed by atoms with E-state index in [9.17, 15) is 14.4 Å². The summed E-state index contributed by atoms with van der Waals surface area (Å²) in [5.41, 5.74) is 2.39. The highest BCUT2D eigenvalue weighted by Gasteiger charge is 2.36. The van der Waals surface area contributed by atoms with E-state index in [-0.39, 0.29) is 11.4 Å². The van der Waals surface area contributed by atoms with Crippen molar-refractivity contribution in [3.63, 3.8) is 0 Å². The van der Waals surface area contributed by atoms with E-state index >= 15 is 0 Å². The number of imide groups is 1. The average molecular weight is 523 g/mol. The molecule has 4 rings (SSSR count). The summed E-state index contributed by atoms with van der Waals surface area (Å²) in [4.78, 5) is 38.5. The van der Waals surface area contributed by atoms with Crippen LogP contribution in [-0.4, -0.2) is 28.5 Å². The summed E-state index contributed by atoms with van der Waals surface area (Å²) in [6.45, 7) is 0.0928. The number of hydrogen-bond donors (Lipinski definition) is 1. The number of para-hydroxylation sites is 1. The Morgan fingerprint density at radius 3 is 2.39 bits per heavy atom. The quantitative estimate of drug-likeness (QED) is 0.402. The number of nitrogens with zero attached hydrogens (tertiary/aromatic N) is 1. The molecule has 3 amide bonds. The highest BCUT2D eigenvalue weighted by atomic mass is 79.9. The topological polar surface area (TPSA) is 75.7 Å². The van der Waals surface area contributed by atoms with Gasteiger partial charge in [-0.1, -0.05) is 54.6 Å². The number of amides is 3. The average Bonchev–Trinajstić information content (AvgIpc) is 3.07. The van der Waals surface area contributed by atoms with Crippen molar-refractivity contribution in [2.45, 2.75) is 6.61 Å². The van der Waals surface area contributed by atoms with Crippen LogP contribution in [0.1, 0.15) is 11.1 Å². The van der Waals surface area contributed by atoms with Crippen LogP contribution in [0.25, 0.3) is 6.08 Å². The third-order valence-corrected chi connectivity index (χ3v) is 6.25. The third-order valence-electron chi connectivity index (χ3n) is 4.72. The fraction of sp³-hybridized carbons (Fsp3) is 0.0800. The van der Waals surface area contributed by atoms with Gasteiger partial charge in [-0.3, -0.25) is 19.3 Å². The Hall–Kier alpha value is -3.36. The van der Waals surface area contributed by atoms with Crippen molar-refractivity contribution in [2.75, 3.05) is 11.9 Å². The van der Waals surface area contributed by atoms with E-state index in [1.54, 1.807) is 42.5 Å². The van der Waals surface area contributed by atoms with Crippen molar-refractivity contribution in [1.29, 1.82) is 0 Å². The van der Waals surface area contributed by atoms with Gasteiger partial charge in [0.25, 0.3) is 11.1 Å². The summed E-state index contributed by atoms with van der Waals surface area (Å²) in [7, 11) is 0. The molecular weight excluding hydrogens is 504 g/mol. The van der Waals surface area contributed by atoms with Crippen molar-refractivity contribution < 1.29 is 19.1 Å². The van der Waals surface area contributed by atoms with Gasteiger partial charge >= 0.3 is 0 Å². The van der Waals surface area contributed by atoms with Gasteiger partial charge in [-0.05, 0) is 69.2 Å². The molecule has 1 heterocycles. The summed E-state index contributed by atoms with van der Waals surface area (Å²) in [6, 6.07) is 24.1. The van der Waals surface area contributed by atoms with Gasteiger partial charge in [0, 0.05) is 5.69 Å². The zero-order valence-corrected chi connectivity index (χ0v) is 19.8. The molecule has 33 heavy (non-hydrogen) atoms. The van der Waals surface area contributed by atoms with Gasteiger partial charge in [-0.2, -0.15) is 0 Å². The summed E-state index contributed by atoms with van der Waals surface area (Å²) >= 11 is 4.31. The third kappa shape index (κ3) is 5.91. The van der Waals surface area contributed by atoms with Gasteiger partial charge in [0.2, 0.25) is 5.91 Å². The van der Waals surface area contributed by atoms with Gasteiger partial charge in [0.05, 0.1) is 9.38 Å². The molecule has 6 nitrogen and oxygen atoms in total. The zero-order chi connectivity index (χ0) is 23.2. The molecular formula is C25H19BrN2O4S. The number of halogens is 1. The molecule has 0 spiro atoms. The first-order chi connectivity index (χ1) is 16.0. The summed E-state index contributed by atoms with van der Waals surface area (Å²) in [5.74, 6) is -0.261. The van der Waals surface area contributed by atoms with Gasteiger partial charge < -0.3 is 10.1 Å². The smallest absolute Gasteiger partial charge is 0.294 e. The molecule has 0 aliphatic carbocycles. The molecule has 166 valence electrons. The van der Waals surface area contributed by atoms with Crippen molar-refractivity contribution in [3.05, 3.63) is 99.4 Å². The maximum absolute atomic E-state index is 12.7. The fourth-order valence-electron chi connectivity index (χ4n) is 3.11. The first kappa shape index (κ1) is 22.8. The number of rotatable bonds is 7. The Kier molecular flexibility index (Phi) is 7.26. The number of anilines is 1. The van der Waals surface area contributed by atoms with Crippen molar-refractivity contribution >= 4 is 56.5 Å². The Balaban J connectivity index is 1.40. The highest BCUT2D eigenvalue weighted by molar-refractivity contribution is 9.10. The standard InChI is InChI=1S/C25H19BrN2O4S/c26-20-13-18(11-12-21(20)32-16-17-7-3-1-4-8-17)14-22-24(30)28(25(31)33-22)15-23(29)27-19-9-5-2-6-10-19/h1-14H,15-16H2,(H,27,29)/b22-14-. The molecule has 0 radical (unpaired) electrons. The molecule has 0 aromatic heterocycles. The van der Waals surface area contributed by atoms with Crippen LogP contribution < -0.4 is 10.1 Å². The minimum atomic E-state index is -0.492. The summed E-state index contributed by atoms with van der Waals surface area (Å²) in [6.07, 6.45) is 1.63. The lowest BCUT2D eigenvalue weighted by Gasteiger charge is -2.12.